The van der Waals surface area contributed by atoms with Gasteiger partial charge in [0.2, 0.25) is 11.8 Å². The third-order valence-electron chi connectivity index (χ3n) is 5.93. The minimum absolute atomic E-state index is 0.195. The number of rotatable bonds is 3. The lowest BCUT2D eigenvalue weighted by Gasteiger charge is -2.40. The van der Waals surface area contributed by atoms with E-state index in [1.165, 1.54) is 23.3 Å². The molecule has 146 valence electrons. The highest BCUT2D eigenvalue weighted by Gasteiger charge is 2.60. The molecule has 6 nitrogen and oxygen atoms in total. The Morgan fingerprint density at radius 2 is 1.86 bits per heavy atom. The van der Waals surface area contributed by atoms with Crippen molar-refractivity contribution >= 4 is 17.7 Å². The van der Waals surface area contributed by atoms with Crippen molar-refractivity contribution in [3.8, 4) is 0 Å². The molecule has 1 aromatic carbocycles. The van der Waals surface area contributed by atoms with E-state index in [0.29, 0.717) is 38.0 Å². The second kappa shape index (κ2) is 6.89. The number of halogens is 1. The molecule has 0 saturated carbocycles. The fraction of sp³-hybridized carbons (Fsp3) is 0.381. The van der Waals surface area contributed by atoms with Gasteiger partial charge in [0.25, 0.3) is 5.91 Å². The monoisotopic (exact) mass is 384 g/mol. The van der Waals surface area contributed by atoms with E-state index in [1.807, 2.05) is 0 Å². The topological polar surface area (TPSA) is 70.8 Å². The van der Waals surface area contributed by atoms with Crippen molar-refractivity contribution in [1.82, 2.24) is 9.80 Å². The van der Waals surface area contributed by atoms with Crippen LogP contribution in [0.15, 0.2) is 47.1 Å². The predicted molar refractivity (Wildman–Crippen MR) is 97.8 cm³/mol. The van der Waals surface area contributed by atoms with Crippen molar-refractivity contribution in [3.05, 3.63) is 59.8 Å². The standard InChI is InChI=1S/C21H21FN2O4/c1-2-24-19(26)17(14-5-7-15(22)8-6-14)21(20(24)27)9-11-23(12-10-21)18(25)16-4-3-13-28-16/h3-8,13,17H,2,9-12H2,1H3/t17-/m1/s1. The molecule has 0 radical (unpaired) electrons. The number of nitrogens with zero attached hydrogens (tertiary/aromatic N) is 2. The number of piperidine rings is 1. The second-order valence-electron chi connectivity index (χ2n) is 7.30. The molecule has 28 heavy (non-hydrogen) atoms. The van der Waals surface area contributed by atoms with E-state index < -0.39 is 11.3 Å². The molecule has 0 bridgehead atoms. The summed E-state index contributed by atoms with van der Waals surface area (Å²) in [6, 6.07) is 9.04. The number of carbonyl (C=O) groups excluding carboxylic acids is 3. The summed E-state index contributed by atoms with van der Waals surface area (Å²) in [7, 11) is 0. The lowest BCUT2D eigenvalue weighted by atomic mass is 9.67. The van der Waals surface area contributed by atoms with Crippen LogP contribution in [0.25, 0.3) is 0 Å². The van der Waals surface area contributed by atoms with Crippen LogP contribution in [0.2, 0.25) is 0 Å². The van der Waals surface area contributed by atoms with Crippen LogP contribution < -0.4 is 0 Å². The van der Waals surface area contributed by atoms with Crippen LogP contribution in [0.3, 0.4) is 0 Å². The third kappa shape index (κ3) is 2.73. The zero-order valence-electron chi connectivity index (χ0n) is 15.6. The van der Waals surface area contributed by atoms with E-state index in [1.54, 1.807) is 36.1 Å². The van der Waals surface area contributed by atoms with Gasteiger partial charge in [0.15, 0.2) is 5.76 Å². The maximum atomic E-state index is 13.4. The number of likely N-dealkylation sites (tertiary alicyclic amines) is 2. The van der Waals surface area contributed by atoms with Crippen molar-refractivity contribution in [2.75, 3.05) is 19.6 Å². The van der Waals surface area contributed by atoms with E-state index in [0.717, 1.165) is 0 Å². The SMILES string of the molecule is CCN1C(=O)[C@@H](c2ccc(F)cc2)C2(CCN(C(=O)c3ccco3)CC2)C1=O. The smallest absolute Gasteiger partial charge is 0.289 e. The van der Waals surface area contributed by atoms with Gasteiger partial charge in [-0.3, -0.25) is 19.3 Å². The first-order valence-electron chi connectivity index (χ1n) is 9.42. The summed E-state index contributed by atoms with van der Waals surface area (Å²) in [6.07, 6.45) is 2.20. The van der Waals surface area contributed by atoms with Gasteiger partial charge in [0, 0.05) is 19.6 Å². The zero-order valence-corrected chi connectivity index (χ0v) is 15.6. The van der Waals surface area contributed by atoms with Gasteiger partial charge in [-0.2, -0.15) is 0 Å². The quantitative estimate of drug-likeness (QED) is 0.763. The maximum Gasteiger partial charge on any atom is 0.289 e. The number of amides is 3. The number of hydrogen-bond donors (Lipinski definition) is 0. The van der Waals surface area contributed by atoms with Crippen LogP contribution in [0.5, 0.6) is 0 Å². The van der Waals surface area contributed by atoms with Crippen molar-refractivity contribution < 1.29 is 23.2 Å². The highest BCUT2D eigenvalue weighted by molar-refractivity contribution is 6.10. The van der Waals surface area contributed by atoms with Gasteiger partial charge in [-0.05, 0) is 49.6 Å². The lowest BCUT2D eigenvalue weighted by molar-refractivity contribution is -0.142. The molecule has 7 heteroatoms. The number of furan rings is 1. The van der Waals surface area contributed by atoms with Crippen molar-refractivity contribution in [3.63, 3.8) is 0 Å². The molecule has 1 spiro atoms. The Labute approximate surface area is 161 Å². The van der Waals surface area contributed by atoms with Crippen LogP contribution in [-0.2, 0) is 9.59 Å². The summed E-state index contributed by atoms with van der Waals surface area (Å²) in [4.78, 5) is 41.7. The number of benzene rings is 1. The Morgan fingerprint density at radius 1 is 1.18 bits per heavy atom. The van der Waals surface area contributed by atoms with Crippen LogP contribution in [0.1, 0.15) is 41.8 Å². The lowest BCUT2D eigenvalue weighted by Crippen LogP contribution is -2.48. The largest absolute Gasteiger partial charge is 0.459 e. The van der Waals surface area contributed by atoms with E-state index in [2.05, 4.69) is 0 Å². The van der Waals surface area contributed by atoms with E-state index in [9.17, 15) is 18.8 Å². The normalized spacial score (nSPS) is 21.6. The molecule has 3 amide bonds. The summed E-state index contributed by atoms with van der Waals surface area (Å²) in [5, 5.41) is 0. The molecular weight excluding hydrogens is 363 g/mol. The molecule has 2 saturated heterocycles. The van der Waals surface area contributed by atoms with Crippen molar-refractivity contribution in [2.24, 2.45) is 5.41 Å². The van der Waals surface area contributed by atoms with Crippen LogP contribution in [0.4, 0.5) is 4.39 Å². The van der Waals surface area contributed by atoms with Gasteiger partial charge in [-0.15, -0.1) is 0 Å². The Morgan fingerprint density at radius 3 is 2.43 bits per heavy atom. The molecule has 2 aliphatic heterocycles. The van der Waals surface area contributed by atoms with E-state index >= 15 is 0 Å². The van der Waals surface area contributed by atoms with Gasteiger partial charge in [-0.1, -0.05) is 12.1 Å². The highest BCUT2D eigenvalue weighted by Crippen LogP contribution is 2.51. The Bertz CT molecular complexity index is 899. The molecule has 0 unspecified atom stereocenters. The molecule has 1 atom stereocenters. The summed E-state index contributed by atoms with van der Waals surface area (Å²) >= 11 is 0. The van der Waals surface area contributed by atoms with Crippen LogP contribution >= 0.6 is 0 Å². The molecule has 2 aromatic rings. The molecule has 2 aliphatic rings. The molecule has 1 aromatic heterocycles. The van der Waals surface area contributed by atoms with Crippen molar-refractivity contribution in [2.45, 2.75) is 25.7 Å². The average Bonchev–Trinajstić information content (AvgIpc) is 3.30. The molecule has 0 N–H and O–H groups in total. The molecule has 0 aliphatic carbocycles. The number of likely N-dealkylation sites (N-methyl/N-ethyl adjacent to an activating group) is 1. The van der Waals surface area contributed by atoms with E-state index in [-0.39, 0.29) is 29.3 Å². The van der Waals surface area contributed by atoms with Gasteiger partial charge < -0.3 is 9.32 Å². The fourth-order valence-electron chi connectivity index (χ4n) is 4.47. The molecule has 2 fully saturated rings. The number of hydrogen-bond acceptors (Lipinski definition) is 4. The van der Waals surface area contributed by atoms with Gasteiger partial charge in [0.05, 0.1) is 17.6 Å². The molecule has 3 heterocycles. The van der Waals surface area contributed by atoms with Gasteiger partial charge in [-0.25, -0.2) is 4.39 Å². The van der Waals surface area contributed by atoms with Crippen LogP contribution in [0, 0.1) is 11.2 Å². The van der Waals surface area contributed by atoms with E-state index in [4.69, 9.17) is 4.42 Å². The number of imide groups is 1. The zero-order chi connectivity index (χ0) is 19.9. The molecular formula is C21H21FN2O4. The fourth-order valence-corrected chi connectivity index (χ4v) is 4.47. The Balaban J connectivity index is 1.64. The maximum absolute atomic E-state index is 13.4. The average molecular weight is 384 g/mol. The first kappa shape index (κ1) is 18.4. The second-order valence-corrected chi connectivity index (χ2v) is 7.30. The summed E-state index contributed by atoms with van der Waals surface area (Å²) in [5.74, 6) is -1.44. The summed E-state index contributed by atoms with van der Waals surface area (Å²) in [5.41, 5.74) is -0.258. The predicted octanol–water partition coefficient (Wildman–Crippen LogP) is 2.81. The van der Waals surface area contributed by atoms with Gasteiger partial charge in [0.1, 0.15) is 5.82 Å². The highest BCUT2D eigenvalue weighted by atomic mass is 19.1. The first-order valence-corrected chi connectivity index (χ1v) is 9.42. The van der Waals surface area contributed by atoms with Gasteiger partial charge >= 0.3 is 0 Å². The molecule has 4 rings (SSSR count). The minimum atomic E-state index is -0.898. The number of carbonyl (C=O) groups is 3. The van der Waals surface area contributed by atoms with Crippen LogP contribution in [-0.4, -0.2) is 47.2 Å². The minimum Gasteiger partial charge on any atom is -0.459 e. The summed E-state index contributed by atoms with van der Waals surface area (Å²) in [6.45, 7) is 2.78. The Hall–Kier alpha value is -2.96. The third-order valence-corrected chi connectivity index (χ3v) is 5.93. The first-order chi connectivity index (χ1) is 13.5. The summed E-state index contributed by atoms with van der Waals surface area (Å²) < 4.78 is 18.6. The Kier molecular flexibility index (Phi) is 4.53. The van der Waals surface area contributed by atoms with Crippen molar-refractivity contribution in [1.29, 1.82) is 0 Å².